The summed E-state index contributed by atoms with van der Waals surface area (Å²) in [6.45, 7) is 1.64. The Morgan fingerprint density at radius 3 is 2.69 bits per heavy atom. The van der Waals surface area contributed by atoms with Gasteiger partial charge >= 0.3 is 0 Å². The largest absolute Gasteiger partial charge is 0.379 e. The van der Waals surface area contributed by atoms with Gasteiger partial charge in [-0.05, 0) is 24.3 Å². The third-order valence-corrected chi connectivity index (χ3v) is 8.06. The summed E-state index contributed by atoms with van der Waals surface area (Å²) in [4.78, 5) is 9.14. The molecule has 0 spiro atoms. The molecule has 1 fully saturated rings. The summed E-state index contributed by atoms with van der Waals surface area (Å²) in [5, 5.41) is 1.81. The summed E-state index contributed by atoms with van der Waals surface area (Å²) >= 11 is 3.22. The molecule has 0 bridgehead atoms. The van der Waals surface area contributed by atoms with Gasteiger partial charge in [-0.15, -0.1) is 11.3 Å². The van der Waals surface area contributed by atoms with Gasteiger partial charge in [-0.2, -0.15) is 4.31 Å². The Balaban J connectivity index is 1.44. The highest BCUT2D eigenvalue weighted by Crippen LogP contribution is 2.28. The molecule has 0 aliphatic carbocycles. The lowest BCUT2D eigenvalue weighted by Crippen LogP contribution is -2.40. The number of pyridine rings is 1. The van der Waals surface area contributed by atoms with Gasteiger partial charge in [-0.3, -0.25) is 0 Å². The van der Waals surface area contributed by atoms with Gasteiger partial charge in [-0.1, -0.05) is 23.9 Å². The van der Waals surface area contributed by atoms with Crippen LogP contribution in [0.1, 0.15) is 5.01 Å². The normalized spacial score (nSPS) is 16.2. The highest BCUT2D eigenvalue weighted by atomic mass is 32.2. The van der Waals surface area contributed by atoms with E-state index in [0.717, 1.165) is 15.6 Å². The molecule has 1 aromatic carbocycles. The van der Waals surface area contributed by atoms with Crippen molar-refractivity contribution in [2.75, 3.05) is 26.3 Å². The number of thioether (sulfide) groups is 1. The summed E-state index contributed by atoms with van der Waals surface area (Å²) in [6.07, 6.45) is 1.44. The third kappa shape index (κ3) is 3.77. The minimum absolute atomic E-state index is 0.226. The van der Waals surface area contributed by atoms with Gasteiger partial charge in [0.15, 0.2) is 0 Å². The van der Waals surface area contributed by atoms with Crippen LogP contribution < -0.4 is 0 Å². The zero-order chi connectivity index (χ0) is 18.0. The summed E-state index contributed by atoms with van der Waals surface area (Å²) in [5.74, 6) is 0.710. The number of fused-ring (bicyclic) bond motifs is 1. The van der Waals surface area contributed by atoms with Crippen molar-refractivity contribution in [3.05, 3.63) is 47.6 Å². The van der Waals surface area contributed by atoms with E-state index in [2.05, 4.69) is 16.0 Å². The monoisotopic (exact) mass is 407 g/mol. The van der Waals surface area contributed by atoms with Crippen LogP contribution >= 0.6 is 23.1 Å². The molecule has 9 heteroatoms. The number of sulfonamides is 1. The van der Waals surface area contributed by atoms with Crippen molar-refractivity contribution in [1.82, 2.24) is 14.3 Å². The molecule has 0 atom stereocenters. The van der Waals surface area contributed by atoms with Crippen molar-refractivity contribution >= 4 is 43.3 Å². The number of para-hydroxylation sites is 1. The molecule has 0 radical (unpaired) electrons. The lowest BCUT2D eigenvalue weighted by atomic mass is 10.3. The van der Waals surface area contributed by atoms with Crippen LogP contribution in [0.25, 0.3) is 10.2 Å². The number of ether oxygens (including phenoxy) is 1. The van der Waals surface area contributed by atoms with Gasteiger partial charge < -0.3 is 4.74 Å². The number of hydrogen-bond donors (Lipinski definition) is 0. The number of aromatic nitrogens is 2. The minimum atomic E-state index is -3.49. The highest BCUT2D eigenvalue weighted by molar-refractivity contribution is 7.98. The zero-order valence-electron chi connectivity index (χ0n) is 13.9. The fourth-order valence-corrected chi connectivity index (χ4v) is 5.81. The lowest BCUT2D eigenvalue weighted by molar-refractivity contribution is 0.0730. The predicted molar refractivity (Wildman–Crippen MR) is 103 cm³/mol. The maximum absolute atomic E-state index is 12.6. The van der Waals surface area contributed by atoms with E-state index in [4.69, 9.17) is 4.74 Å². The summed E-state index contributed by atoms with van der Waals surface area (Å²) in [7, 11) is -3.49. The Morgan fingerprint density at radius 2 is 1.96 bits per heavy atom. The molecular formula is C17H17N3O3S3. The predicted octanol–water partition coefficient (Wildman–Crippen LogP) is 3.00. The molecule has 3 aromatic rings. The van der Waals surface area contributed by atoms with Crippen LogP contribution in [0.4, 0.5) is 0 Å². The van der Waals surface area contributed by atoms with E-state index >= 15 is 0 Å². The Labute approximate surface area is 160 Å². The van der Waals surface area contributed by atoms with E-state index in [9.17, 15) is 8.42 Å². The second-order valence-electron chi connectivity index (χ2n) is 5.71. The van der Waals surface area contributed by atoms with E-state index in [1.807, 2.05) is 18.2 Å². The smallest absolute Gasteiger partial charge is 0.244 e. The second-order valence-corrected chi connectivity index (χ2v) is 9.76. The van der Waals surface area contributed by atoms with Gasteiger partial charge in [-0.25, -0.2) is 18.4 Å². The van der Waals surface area contributed by atoms with Crippen LogP contribution in [0.3, 0.4) is 0 Å². The van der Waals surface area contributed by atoms with Gasteiger partial charge in [0.25, 0.3) is 0 Å². The van der Waals surface area contributed by atoms with Crippen molar-refractivity contribution in [3.63, 3.8) is 0 Å². The fraction of sp³-hybridized carbons (Fsp3) is 0.294. The van der Waals surface area contributed by atoms with E-state index in [-0.39, 0.29) is 4.90 Å². The van der Waals surface area contributed by atoms with Crippen LogP contribution in [0.2, 0.25) is 0 Å². The maximum Gasteiger partial charge on any atom is 0.244 e. The fourth-order valence-electron chi connectivity index (χ4n) is 2.66. The lowest BCUT2D eigenvalue weighted by Gasteiger charge is -2.25. The molecule has 0 amide bonds. The van der Waals surface area contributed by atoms with E-state index in [0.29, 0.717) is 32.1 Å². The van der Waals surface area contributed by atoms with Crippen molar-refractivity contribution in [2.24, 2.45) is 0 Å². The first-order chi connectivity index (χ1) is 12.6. The van der Waals surface area contributed by atoms with E-state index < -0.39 is 10.0 Å². The van der Waals surface area contributed by atoms with Crippen LogP contribution in [0.15, 0.2) is 52.5 Å². The molecule has 1 aliphatic heterocycles. The van der Waals surface area contributed by atoms with Crippen LogP contribution in [0.5, 0.6) is 0 Å². The number of nitrogens with zero attached hydrogens (tertiary/aromatic N) is 3. The molecule has 1 saturated heterocycles. The number of rotatable bonds is 5. The second kappa shape index (κ2) is 7.61. The topological polar surface area (TPSA) is 72.4 Å². The minimum Gasteiger partial charge on any atom is -0.379 e. The van der Waals surface area contributed by atoms with Crippen molar-refractivity contribution < 1.29 is 13.2 Å². The van der Waals surface area contributed by atoms with Crippen LogP contribution in [0, 0.1) is 0 Å². The van der Waals surface area contributed by atoms with Crippen LogP contribution in [-0.4, -0.2) is 49.0 Å². The number of hydrogen-bond acceptors (Lipinski definition) is 7. The number of morpholine rings is 1. The van der Waals surface area contributed by atoms with E-state index in [1.54, 1.807) is 35.2 Å². The molecule has 6 nitrogen and oxygen atoms in total. The Hall–Kier alpha value is -1.52. The van der Waals surface area contributed by atoms with Crippen LogP contribution in [-0.2, 0) is 20.5 Å². The first-order valence-corrected chi connectivity index (χ1v) is 11.4. The first-order valence-electron chi connectivity index (χ1n) is 8.14. The van der Waals surface area contributed by atoms with Gasteiger partial charge in [0.1, 0.15) is 9.90 Å². The summed E-state index contributed by atoms with van der Waals surface area (Å²) in [6, 6.07) is 11.4. The SMILES string of the molecule is O=S(=O)(c1ccc(SCc2nc3ccccc3s2)nc1)N1CCOCC1. The summed E-state index contributed by atoms with van der Waals surface area (Å²) < 4.78 is 33.0. The molecule has 0 saturated carbocycles. The van der Waals surface area contributed by atoms with Crippen molar-refractivity contribution in [3.8, 4) is 0 Å². The maximum atomic E-state index is 12.6. The molecule has 0 N–H and O–H groups in total. The molecule has 0 unspecified atom stereocenters. The van der Waals surface area contributed by atoms with Gasteiger partial charge in [0.2, 0.25) is 10.0 Å². The Bertz CT molecular complexity index is 964. The summed E-state index contributed by atoms with van der Waals surface area (Å²) in [5.41, 5.74) is 1.01. The average molecular weight is 408 g/mol. The first kappa shape index (κ1) is 17.9. The van der Waals surface area contributed by atoms with E-state index in [1.165, 1.54) is 15.2 Å². The molecule has 2 aromatic heterocycles. The quantitative estimate of drug-likeness (QED) is 0.606. The Morgan fingerprint density at radius 1 is 1.15 bits per heavy atom. The molecular weight excluding hydrogens is 390 g/mol. The Kier molecular flexibility index (Phi) is 5.23. The van der Waals surface area contributed by atoms with Gasteiger partial charge in [0, 0.05) is 19.3 Å². The number of thiazole rings is 1. The third-order valence-electron chi connectivity index (χ3n) is 4.00. The molecule has 1 aliphatic rings. The van der Waals surface area contributed by atoms with Gasteiger partial charge in [0.05, 0.1) is 34.2 Å². The standard InChI is InChI=1S/C17H17N3O3S3/c21-26(22,20-7-9-23-10-8-20)13-5-6-16(18-11-13)24-12-17-19-14-3-1-2-4-15(14)25-17/h1-6,11H,7-10,12H2. The molecule has 136 valence electrons. The van der Waals surface area contributed by atoms with Crippen molar-refractivity contribution in [2.45, 2.75) is 15.7 Å². The molecule has 3 heterocycles. The highest BCUT2D eigenvalue weighted by Gasteiger charge is 2.26. The molecule has 26 heavy (non-hydrogen) atoms. The molecule has 4 rings (SSSR count). The number of benzene rings is 1. The average Bonchev–Trinajstić information content (AvgIpc) is 3.10. The van der Waals surface area contributed by atoms with Crippen molar-refractivity contribution in [1.29, 1.82) is 0 Å². The zero-order valence-corrected chi connectivity index (χ0v) is 16.3.